The maximum Gasteiger partial charge on any atom is 0.411 e. The molecule has 3 amide bonds. The van der Waals surface area contributed by atoms with Crippen molar-refractivity contribution in [1.29, 1.82) is 0 Å². The van der Waals surface area contributed by atoms with Gasteiger partial charge in [0, 0.05) is 28.8 Å². The van der Waals surface area contributed by atoms with Crippen LogP contribution >= 0.6 is 11.6 Å². The summed E-state index contributed by atoms with van der Waals surface area (Å²) in [7, 11) is 1.27. The van der Waals surface area contributed by atoms with Crippen LogP contribution in [-0.4, -0.2) is 35.0 Å². The predicted molar refractivity (Wildman–Crippen MR) is 143 cm³/mol. The molecule has 3 aromatic rings. The number of nitrogens with zero attached hydrogens (tertiary/aromatic N) is 1. The quantitative estimate of drug-likeness (QED) is 0.269. The molecule has 4 rings (SSSR count). The van der Waals surface area contributed by atoms with E-state index in [1.165, 1.54) is 13.2 Å². The SMILES string of the molecule is COC(=O)Nc1ccc2c(c1)NC(=O)CCC=CCC(NC(=O)C=Cc1cccc(Cl)c1)c1ncc-2[nH]1. The van der Waals surface area contributed by atoms with Crippen molar-refractivity contribution in [2.45, 2.75) is 25.3 Å². The van der Waals surface area contributed by atoms with Crippen LogP contribution in [0.15, 0.2) is 66.9 Å². The van der Waals surface area contributed by atoms with Crippen molar-refractivity contribution in [3.63, 3.8) is 0 Å². The number of H-pyrrole nitrogens is 1. The van der Waals surface area contributed by atoms with E-state index in [0.29, 0.717) is 46.3 Å². The second kappa shape index (κ2) is 12.0. The van der Waals surface area contributed by atoms with Gasteiger partial charge in [-0.2, -0.15) is 0 Å². The van der Waals surface area contributed by atoms with E-state index in [1.54, 1.807) is 42.6 Å². The number of fused-ring (bicyclic) bond motifs is 4. The van der Waals surface area contributed by atoms with Crippen LogP contribution in [-0.2, 0) is 14.3 Å². The standard InChI is InChI=1S/C27H26ClN5O4/c1-37-27(36)30-19-11-12-20-22(15-19)32-24(34)9-4-2-3-8-21(26-29-16-23(20)33-26)31-25(35)13-10-17-6-5-7-18(28)14-17/h2-3,5-7,10-16,21H,4,8-9H2,1H3,(H,29,33)(H,30,36)(H,31,35)(H,32,34). The number of hydrogen-bond acceptors (Lipinski definition) is 5. The molecule has 9 nitrogen and oxygen atoms in total. The van der Waals surface area contributed by atoms with Crippen molar-refractivity contribution in [3.05, 3.63) is 83.3 Å². The van der Waals surface area contributed by atoms with Crippen molar-refractivity contribution in [1.82, 2.24) is 15.3 Å². The van der Waals surface area contributed by atoms with Gasteiger partial charge in [-0.15, -0.1) is 0 Å². The van der Waals surface area contributed by atoms with E-state index in [1.807, 2.05) is 24.3 Å². The van der Waals surface area contributed by atoms with Crippen LogP contribution in [0.2, 0.25) is 5.02 Å². The Hall–Kier alpha value is -4.37. The highest BCUT2D eigenvalue weighted by Crippen LogP contribution is 2.31. The van der Waals surface area contributed by atoms with E-state index in [-0.39, 0.29) is 18.2 Å². The zero-order valence-corrected chi connectivity index (χ0v) is 20.8. The lowest BCUT2D eigenvalue weighted by molar-refractivity contribution is -0.117. The third kappa shape index (κ3) is 7.08. The first-order valence-electron chi connectivity index (χ1n) is 11.6. The smallest absolute Gasteiger partial charge is 0.411 e. The fourth-order valence-electron chi connectivity index (χ4n) is 3.80. The van der Waals surface area contributed by atoms with Crippen molar-refractivity contribution in [3.8, 4) is 11.3 Å². The number of nitrogens with one attached hydrogen (secondary N) is 4. The molecule has 190 valence electrons. The van der Waals surface area contributed by atoms with Crippen molar-refractivity contribution in [2.24, 2.45) is 0 Å². The van der Waals surface area contributed by atoms with Crippen LogP contribution in [0, 0.1) is 0 Å². The molecule has 0 fully saturated rings. The summed E-state index contributed by atoms with van der Waals surface area (Å²) in [5, 5.41) is 9.08. The third-order valence-electron chi connectivity index (χ3n) is 5.61. The van der Waals surface area contributed by atoms with Gasteiger partial charge in [0.25, 0.3) is 0 Å². The van der Waals surface area contributed by atoms with E-state index in [2.05, 4.69) is 30.7 Å². The second-order valence-electron chi connectivity index (χ2n) is 8.30. The first-order valence-corrected chi connectivity index (χ1v) is 12.0. The average molecular weight is 520 g/mol. The van der Waals surface area contributed by atoms with Gasteiger partial charge >= 0.3 is 6.09 Å². The summed E-state index contributed by atoms with van der Waals surface area (Å²) in [4.78, 5) is 44.7. The van der Waals surface area contributed by atoms with Gasteiger partial charge in [-0.05, 0) is 54.8 Å². The molecular weight excluding hydrogens is 494 g/mol. The molecule has 0 aliphatic carbocycles. The number of rotatable bonds is 4. The molecule has 1 atom stereocenters. The van der Waals surface area contributed by atoms with Gasteiger partial charge in [-0.3, -0.25) is 14.9 Å². The Kier molecular flexibility index (Phi) is 8.37. The summed E-state index contributed by atoms with van der Waals surface area (Å²) in [6.45, 7) is 0. The summed E-state index contributed by atoms with van der Waals surface area (Å²) in [5.74, 6) is 0.116. The van der Waals surface area contributed by atoms with Gasteiger partial charge in [0.15, 0.2) is 0 Å². The average Bonchev–Trinajstić information content (AvgIpc) is 3.36. The maximum absolute atomic E-state index is 12.7. The normalized spacial score (nSPS) is 15.5. The Balaban J connectivity index is 1.60. The fourth-order valence-corrected chi connectivity index (χ4v) is 4.00. The lowest BCUT2D eigenvalue weighted by atomic mass is 10.1. The molecule has 1 aromatic heterocycles. The van der Waals surface area contributed by atoms with Gasteiger partial charge in [-0.25, -0.2) is 9.78 Å². The molecule has 0 saturated heterocycles. The largest absolute Gasteiger partial charge is 0.453 e. The number of aromatic amines is 1. The topological polar surface area (TPSA) is 125 Å². The number of carbonyl (C=O) groups is 3. The number of hydrogen-bond donors (Lipinski definition) is 4. The van der Waals surface area contributed by atoms with Crippen molar-refractivity contribution < 1.29 is 19.1 Å². The van der Waals surface area contributed by atoms with E-state index < -0.39 is 12.1 Å². The molecule has 2 aromatic carbocycles. The summed E-state index contributed by atoms with van der Waals surface area (Å²) in [6.07, 6.45) is 9.28. The minimum atomic E-state index is -0.618. The number of amides is 3. The molecule has 2 heterocycles. The summed E-state index contributed by atoms with van der Waals surface area (Å²) >= 11 is 6.02. The van der Waals surface area contributed by atoms with Crippen molar-refractivity contribution >= 4 is 47.0 Å². The van der Waals surface area contributed by atoms with Crippen LogP contribution in [0.25, 0.3) is 17.3 Å². The van der Waals surface area contributed by atoms with Gasteiger partial charge in [0.05, 0.1) is 30.7 Å². The zero-order chi connectivity index (χ0) is 26.2. The van der Waals surface area contributed by atoms with Crippen molar-refractivity contribution in [2.75, 3.05) is 17.7 Å². The Bertz CT molecular complexity index is 1360. The second-order valence-corrected chi connectivity index (χ2v) is 8.74. The van der Waals surface area contributed by atoms with Crippen LogP contribution in [0.1, 0.15) is 36.7 Å². The monoisotopic (exact) mass is 519 g/mol. The molecule has 1 unspecified atom stereocenters. The molecule has 2 bridgehead atoms. The minimum Gasteiger partial charge on any atom is -0.453 e. The number of benzene rings is 2. The highest BCUT2D eigenvalue weighted by Gasteiger charge is 2.19. The summed E-state index contributed by atoms with van der Waals surface area (Å²) in [5.41, 5.74) is 3.11. The highest BCUT2D eigenvalue weighted by atomic mass is 35.5. The number of methoxy groups -OCH3 is 1. The summed E-state index contributed by atoms with van der Waals surface area (Å²) in [6, 6.07) is 11.9. The number of anilines is 2. The van der Waals surface area contributed by atoms with E-state index in [9.17, 15) is 14.4 Å². The number of aromatic nitrogens is 2. The highest BCUT2D eigenvalue weighted by molar-refractivity contribution is 6.30. The lowest BCUT2D eigenvalue weighted by Crippen LogP contribution is -2.27. The molecular formula is C27H26ClN5O4. The van der Waals surface area contributed by atoms with E-state index in [0.717, 1.165) is 5.56 Å². The zero-order valence-electron chi connectivity index (χ0n) is 20.1. The van der Waals surface area contributed by atoms with E-state index in [4.69, 9.17) is 11.6 Å². The molecule has 1 aliphatic heterocycles. The number of ether oxygens (including phenoxy) is 1. The van der Waals surface area contributed by atoms with Crippen LogP contribution < -0.4 is 16.0 Å². The van der Waals surface area contributed by atoms with Crippen LogP contribution in [0.3, 0.4) is 0 Å². The summed E-state index contributed by atoms with van der Waals surface area (Å²) < 4.78 is 4.65. The Morgan fingerprint density at radius 2 is 2.05 bits per heavy atom. The molecule has 37 heavy (non-hydrogen) atoms. The van der Waals surface area contributed by atoms with Gasteiger partial charge < -0.3 is 20.4 Å². The number of halogens is 1. The Morgan fingerprint density at radius 3 is 2.86 bits per heavy atom. The Labute approximate surface area is 219 Å². The molecule has 0 saturated carbocycles. The molecule has 10 heteroatoms. The molecule has 4 N–H and O–H groups in total. The number of carbonyl (C=O) groups excluding carboxylic acids is 3. The fraction of sp³-hybridized carbons (Fsp3) is 0.185. The number of imidazole rings is 1. The molecule has 1 aliphatic rings. The van der Waals surface area contributed by atoms with Crippen LogP contribution in [0.4, 0.5) is 16.2 Å². The van der Waals surface area contributed by atoms with E-state index >= 15 is 0 Å². The molecule has 0 radical (unpaired) electrons. The molecule has 0 spiro atoms. The van der Waals surface area contributed by atoms with Gasteiger partial charge in [0.1, 0.15) is 5.82 Å². The maximum atomic E-state index is 12.7. The van der Waals surface area contributed by atoms with Gasteiger partial charge in [-0.1, -0.05) is 35.9 Å². The lowest BCUT2D eigenvalue weighted by Gasteiger charge is -2.14. The van der Waals surface area contributed by atoms with Crippen LogP contribution in [0.5, 0.6) is 0 Å². The first-order chi connectivity index (χ1) is 17.9. The van der Waals surface area contributed by atoms with Gasteiger partial charge in [0.2, 0.25) is 11.8 Å². The number of allylic oxidation sites excluding steroid dienone is 1. The predicted octanol–water partition coefficient (Wildman–Crippen LogP) is 5.46. The Morgan fingerprint density at radius 1 is 1.19 bits per heavy atom. The third-order valence-corrected chi connectivity index (χ3v) is 5.85. The first kappa shape index (κ1) is 25.7. The minimum absolute atomic E-state index is 0.170.